The lowest BCUT2D eigenvalue weighted by Crippen LogP contribution is -2.32. The van der Waals surface area contributed by atoms with Crippen LogP contribution in [0.2, 0.25) is 5.15 Å². The summed E-state index contributed by atoms with van der Waals surface area (Å²) in [7, 11) is 1.50. The predicted octanol–water partition coefficient (Wildman–Crippen LogP) is 5.99. The minimum Gasteiger partial charge on any atom is -0.388 e. The summed E-state index contributed by atoms with van der Waals surface area (Å²) >= 11 is 6.07. The Morgan fingerprint density at radius 2 is 1.71 bits per heavy atom. The van der Waals surface area contributed by atoms with Gasteiger partial charge in [0.25, 0.3) is 5.91 Å². The van der Waals surface area contributed by atoms with E-state index in [2.05, 4.69) is 83.7 Å². The molecule has 1 unspecified atom stereocenters. The average Bonchev–Trinajstić information content (AvgIpc) is 3.10. The summed E-state index contributed by atoms with van der Waals surface area (Å²) in [6.07, 6.45) is 7.78. The molecule has 0 radical (unpaired) electrons. The van der Waals surface area contributed by atoms with Gasteiger partial charge < -0.3 is 31.0 Å². The Hall–Kier alpha value is -4.99. The standard InChI is InChI=1S/C31H30ClN3O2.C6H10N2O.CH5N/c1-21-6-10-24(11-7-21)19-35(20-36)29(25-12-8-22(2)9-13-25)18-26-14-15-27(17-23(26)3)34-31(37)28-5-4-16-33-30(28)32;9-6-5-8-3-1-7-2-4-8;1-2/h4-17,20,29H,18-19H2,1-3H3,(H,34,37);1,3,6-7H,2,4-5H2;2H2,1H3. The number of pyridine rings is 1. The first-order chi connectivity index (χ1) is 23.3. The number of nitrogens with two attached hydrogens (primary N) is 1. The van der Waals surface area contributed by atoms with E-state index in [1.54, 1.807) is 18.3 Å². The van der Waals surface area contributed by atoms with Crippen LogP contribution in [0, 0.1) is 20.8 Å². The Morgan fingerprint density at radius 1 is 1.02 bits per heavy atom. The number of hydrogen-bond donors (Lipinski definition) is 3. The number of nitrogens with zero attached hydrogens (tertiary/aromatic N) is 3. The number of anilines is 1. The van der Waals surface area contributed by atoms with Crippen molar-refractivity contribution >= 4 is 35.9 Å². The fraction of sp³-hybridized carbons (Fsp3) is 0.263. The maximum absolute atomic E-state index is 12.7. The van der Waals surface area contributed by atoms with Crippen LogP contribution in [-0.2, 0) is 22.6 Å². The molecule has 0 aliphatic carbocycles. The lowest BCUT2D eigenvalue weighted by Gasteiger charge is -2.30. The Labute approximate surface area is 288 Å². The minimum absolute atomic E-state index is 0.146. The van der Waals surface area contributed by atoms with E-state index in [4.69, 9.17) is 11.6 Å². The number of amides is 2. The van der Waals surface area contributed by atoms with Crippen molar-refractivity contribution < 1.29 is 14.4 Å². The molecule has 0 fully saturated rings. The molecule has 10 heteroatoms. The summed E-state index contributed by atoms with van der Waals surface area (Å²) in [5, 5.41) is 6.10. The molecule has 0 saturated carbocycles. The second-order valence-electron chi connectivity index (χ2n) is 11.3. The number of carbonyl (C=O) groups is 3. The van der Waals surface area contributed by atoms with E-state index in [0.29, 0.717) is 30.8 Å². The molecule has 1 aromatic heterocycles. The second kappa shape index (κ2) is 19.6. The number of aromatic nitrogens is 1. The smallest absolute Gasteiger partial charge is 0.258 e. The average molecular weight is 669 g/mol. The summed E-state index contributed by atoms with van der Waals surface area (Å²) in [4.78, 5) is 42.8. The van der Waals surface area contributed by atoms with Crippen molar-refractivity contribution in [3.63, 3.8) is 0 Å². The highest BCUT2D eigenvalue weighted by molar-refractivity contribution is 6.33. The maximum Gasteiger partial charge on any atom is 0.258 e. The largest absolute Gasteiger partial charge is 0.388 e. The Morgan fingerprint density at radius 3 is 2.29 bits per heavy atom. The lowest BCUT2D eigenvalue weighted by atomic mass is 9.94. The van der Waals surface area contributed by atoms with Crippen molar-refractivity contribution in [1.82, 2.24) is 20.1 Å². The van der Waals surface area contributed by atoms with Gasteiger partial charge in [-0.1, -0.05) is 77.3 Å². The van der Waals surface area contributed by atoms with Gasteiger partial charge in [-0.2, -0.15) is 0 Å². The van der Waals surface area contributed by atoms with E-state index in [1.165, 1.54) is 18.2 Å². The van der Waals surface area contributed by atoms with Gasteiger partial charge in [0, 0.05) is 43.9 Å². The number of aryl methyl sites for hydroxylation is 3. The molecule has 4 aromatic rings. The van der Waals surface area contributed by atoms with Crippen molar-refractivity contribution in [3.05, 3.63) is 142 Å². The normalized spacial score (nSPS) is 12.2. The minimum atomic E-state index is -0.312. The van der Waals surface area contributed by atoms with Gasteiger partial charge in [-0.15, -0.1) is 0 Å². The van der Waals surface area contributed by atoms with Crippen LogP contribution in [0.25, 0.3) is 0 Å². The zero-order valence-corrected chi connectivity index (χ0v) is 28.8. The van der Waals surface area contributed by atoms with Crippen molar-refractivity contribution in [2.24, 2.45) is 5.73 Å². The molecule has 0 saturated heterocycles. The molecule has 9 nitrogen and oxygen atoms in total. The van der Waals surface area contributed by atoms with Gasteiger partial charge in [-0.05, 0) is 80.8 Å². The van der Waals surface area contributed by atoms with Crippen molar-refractivity contribution in [2.45, 2.75) is 39.8 Å². The van der Waals surface area contributed by atoms with Crippen molar-refractivity contribution in [1.29, 1.82) is 0 Å². The summed E-state index contributed by atoms with van der Waals surface area (Å²) in [6.45, 7) is 9.01. The topological polar surface area (TPSA) is 121 Å². The van der Waals surface area contributed by atoms with E-state index in [9.17, 15) is 14.4 Å². The van der Waals surface area contributed by atoms with Gasteiger partial charge in [0.05, 0.1) is 18.2 Å². The fourth-order valence-electron chi connectivity index (χ4n) is 5.08. The Bertz CT molecular complexity index is 1640. The summed E-state index contributed by atoms with van der Waals surface area (Å²) in [6, 6.07) is 25.6. The van der Waals surface area contributed by atoms with Crippen LogP contribution in [0.15, 0.2) is 97.5 Å². The van der Waals surface area contributed by atoms with Gasteiger partial charge in [0.15, 0.2) is 0 Å². The number of aldehydes is 1. The Kier molecular flexibility index (Phi) is 15.3. The lowest BCUT2D eigenvalue weighted by molar-refractivity contribution is -0.121. The highest BCUT2D eigenvalue weighted by Gasteiger charge is 2.21. The number of rotatable bonds is 11. The van der Waals surface area contributed by atoms with Crippen LogP contribution in [-0.4, -0.2) is 60.1 Å². The summed E-state index contributed by atoms with van der Waals surface area (Å²) in [5.41, 5.74) is 12.1. The van der Waals surface area contributed by atoms with Crippen LogP contribution in [0.5, 0.6) is 0 Å². The molecule has 48 heavy (non-hydrogen) atoms. The molecule has 5 rings (SSSR count). The molecule has 2 heterocycles. The number of hydrogen-bond acceptors (Lipinski definition) is 7. The second-order valence-corrected chi connectivity index (χ2v) is 11.6. The van der Waals surface area contributed by atoms with Crippen LogP contribution < -0.4 is 16.4 Å². The van der Waals surface area contributed by atoms with E-state index in [-0.39, 0.29) is 17.1 Å². The molecule has 3 aromatic carbocycles. The van der Waals surface area contributed by atoms with E-state index >= 15 is 0 Å². The van der Waals surface area contributed by atoms with E-state index in [0.717, 1.165) is 48.0 Å². The molecule has 252 valence electrons. The van der Waals surface area contributed by atoms with Crippen molar-refractivity contribution in [2.75, 3.05) is 32.0 Å². The van der Waals surface area contributed by atoms with Crippen molar-refractivity contribution in [3.8, 4) is 0 Å². The third-order valence-electron chi connectivity index (χ3n) is 7.76. The Balaban J connectivity index is 0.000000486. The number of benzene rings is 3. The third-order valence-corrected chi connectivity index (χ3v) is 8.06. The first-order valence-corrected chi connectivity index (χ1v) is 16.1. The highest BCUT2D eigenvalue weighted by Crippen LogP contribution is 2.29. The summed E-state index contributed by atoms with van der Waals surface area (Å²) in [5.74, 6) is -0.312. The van der Waals surface area contributed by atoms with Gasteiger partial charge in [0.2, 0.25) is 6.41 Å². The molecule has 1 atom stereocenters. The molecule has 2 amide bonds. The third kappa shape index (κ3) is 11.4. The van der Waals surface area contributed by atoms with Crippen LogP contribution in [0.1, 0.15) is 49.8 Å². The van der Waals surface area contributed by atoms with Gasteiger partial charge in [-0.25, -0.2) is 4.98 Å². The molecule has 1 aliphatic rings. The van der Waals surface area contributed by atoms with Gasteiger partial charge in [0.1, 0.15) is 11.4 Å². The fourth-order valence-corrected chi connectivity index (χ4v) is 5.28. The molecule has 4 N–H and O–H groups in total. The zero-order valence-electron chi connectivity index (χ0n) is 28.0. The molecule has 0 spiro atoms. The predicted molar refractivity (Wildman–Crippen MR) is 194 cm³/mol. The number of halogens is 1. The maximum atomic E-state index is 12.7. The quantitative estimate of drug-likeness (QED) is 0.133. The summed E-state index contributed by atoms with van der Waals surface area (Å²) < 4.78 is 0. The van der Waals surface area contributed by atoms with Crippen LogP contribution in [0.4, 0.5) is 5.69 Å². The molecular formula is C38H45ClN6O3. The van der Waals surface area contributed by atoms with Crippen LogP contribution in [0.3, 0.4) is 0 Å². The first-order valence-electron chi connectivity index (χ1n) is 15.8. The van der Waals surface area contributed by atoms with Crippen LogP contribution >= 0.6 is 11.6 Å². The number of nitrogens with one attached hydrogen (secondary N) is 2. The zero-order chi connectivity index (χ0) is 34.9. The van der Waals surface area contributed by atoms with Gasteiger partial charge in [-0.3, -0.25) is 9.59 Å². The SMILES string of the molecule is CN.Cc1ccc(CN(C=O)C(Cc2ccc(NC(=O)c3cccnc3Cl)cc2C)c2ccc(C)cc2)cc1.O=CCN1C=CNCC1. The van der Waals surface area contributed by atoms with Gasteiger partial charge >= 0.3 is 0 Å². The molecule has 0 bridgehead atoms. The van der Waals surface area contributed by atoms with E-state index < -0.39 is 0 Å². The molecule has 1 aliphatic heterocycles. The highest BCUT2D eigenvalue weighted by atomic mass is 35.5. The number of carbonyl (C=O) groups excluding carboxylic acids is 3. The molecular weight excluding hydrogens is 624 g/mol. The van der Waals surface area contributed by atoms with E-state index in [1.807, 2.05) is 47.3 Å². The monoisotopic (exact) mass is 668 g/mol. The first kappa shape index (κ1) is 37.5.